The highest BCUT2D eigenvalue weighted by molar-refractivity contribution is 5.64. The lowest BCUT2D eigenvalue weighted by Gasteiger charge is -2.06. The SMILES string of the molecule is C=CCOc1ccc(-c2cnc(-c3ccc(/C=C/CCCC(C)O)cc3)cn2)cc1. The number of aliphatic hydroxyl groups is 1. The quantitative estimate of drug-likeness (QED) is 0.338. The van der Waals surface area contributed by atoms with Crippen LogP contribution in [0, 0.1) is 0 Å². The molecule has 4 nitrogen and oxygen atoms in total. The van der Waals surface area contributed by atoms with Crippen molar-refractivity contribution in [3.63, 3.8) is 0 Å². The van der Waals surface area contributed by atoms with Crippen LogP contribution in [0.1, 0.15) is 31.7 Å². The lowest BCUT2D eigenvalue weighted by Crippen LogP contribution is -1.97. The van der Waals surface area contributed by atoms with Gasteiger partial charge in [0.05, 0.1) is 29.9 Å². The minimum Gasteiger partial charge on any atom is -0.490 e. The number of rotatable bonds is 10. The van der Waals surface area contributed by atoms with Crippen LogP contribution in [0.15, 0.2) is 79.7 Å². The highest BCUT2D eigenvalue weighted by Crippen LogP contribution is 2.23. The van der Waals surface area contributed by atoms with Crippen molar-refractivity contribution in [2.24, 2.45) is 0 Å². The summed E-state index contributed by atoms with van der Waals surface area (Å²) in [6.07, 6.45) is 12.2. The molecule has 2 aromatic carbocycles. The topological polar surface area (TPSA) is 55.2 Å². The summed E-state index contributed by atoms with van der Waals surface area (Å²) >= 11 is 0. The Bertz CT molecular complexity index is 944. The van der Waals surface area contributed by atoms with Crippen molar-refractivity contribution in [2.45, 2.75) is 32.3 Å². The lowest BCUT2D eigenvalue weighted by atomic mass is 10.1. The zero-order valence-electron chi connectivity index (χ0n) is 17.4. The Labute approximate surface area is 178 Å². The second-order valence-corrected chi connectivity index (χ2v) is 7.22. The number of ether oxygens (including phenoxy) is 1. The molecule has 3 rings (SSSR count). The average molecular weight is 401 g/mol. The van der Waals surface area contributed by atoms with Gasteiger partial charge in [0.2, 0.25) is 0 Å². The van der Waals surface area contributed by atoms with E-state index >= 15 is 0 Å². The van der Waals surface area contributed by atoms with E-state index < -0.39 is 0 Å². The minimum atomic E-state index is -0.221. The molecule has 1 heterocycles. The van der Waals surface area contributed by atoms with Gasteiger partial charge in [-0.1, -0.05) is 49.1 Å². The van der Waals surface area contributed by atoms with E-state index in [2.05, 4.69) is 53.0 Å². The minimum absolute atomic E-state index is 0.221. The first-order chi connectivity index (χ1) is 14.7. The number of hydrogen-bond acceptors (Lipinski definition) is 4. The van der Waals surface area contributed by atoms with E-state index in [0.29, 0.717) is 6.61 Å². The highest BCUT2D eigenvalue weighted by Gasteiger charge is 2.04. The van der Waals surface area contributed by atoms with Gasteiger partial charge >= 0.3 is 0 Å². The molecule has 0 saturated heterocycles. The van der Waals surface area contributed by atoms with Crippen LogP contribution in [-0.2, 0) is 0 Å². The number of aliphatic hydroxyl groups excluding tert-OH is 1. The van der Waals surface area contributed by atoms with Crippen molar-refractivity contribution in [2.75, 3.05) is 6.61 Å². The molecule has 1 unspecified atom stereocenters. The van der Waals surface area contributed by atoms with Crippen molar-refractivity contribution in [1.82, 2.24) is 9.97 Å². The molecule has 0 aliphatic carbocycles. The van der Waals surface area contributed by atoms with E-state index in [1.54, 1.807) is 18.5 Å². The van der Waals surface area contributed by atoms with Gasteiger partial charge < -0.3 is 9.84 Å². The van der Waals surface area contributed by atoms with Gasteiger partial charge in [0.1, 0.15) is 12.4 Å². The molecule has 0 saturated carbocycles. The van der Waals surface area contributed by atoms with E-state index in [-0.39, 0.29) is 6.10 Å². The van der Waals surface area contributed by atoms with Crippen molar-refractivity contribution < 1.29 is 9.84 Å². The van der Waals surface area contributed by atoms with Crippen LogP contribution in [0.2, 0.25) is 0 Å². The zero-order valence-corrected chi connectivity index (χ0v) is 17.4. The smallest absolute Gasteiger partial charge is 0.119 e. The lowest BCUT2D eigenvalue weighted by molar-refractivity contribution is 0.182. The molecular weight excluding hydrogens is 372 g/mol. The first kappa shape index (κ1) is 21.5. The molecule has 154 valence electrons. The van der Waals surface area contributed by atoms with Gasteiger partial charge in [-0.05, 0) is 56.0 Å². The predicted octanol–water partition coefficient (Wildman–Crippen LogP) is 5.94. The van der Waals surface area contributed by atoms with E-state index in [1.165, 1.54) is 0 Å². The highest BCUT2D eigenvalue weighted by atomic mass is 16.5. The standard InChI is InChI=1S/C26H28N2O2/c1-3-17-30-24-15-13-23(14-16-24)26-19-27-25(18-28-26)22-11-9-21(10-12-22)8-6-4-5-7-20(2)29/h3,6,8-16,18-20,29H,1,4-5,7,17H2,2H3/b8-6+. The number of unbranched alkanes of at least 4 members (excludes halogenated alkanes) is 1. The Balaban J connectivity index is 1.60. The second-order valence-electron chi connectivity index (χ2n) is 7.22. The first-order valence-electron chi connectivity index (χ1n) is 10.3. The molecule has 0 aliphatic rings. The number of benzene rings is 2. The molecule has 0 radical (unpaired) electrons. The summed E-state index contributed by atoms with van der Waals surface area (Å²) in [7, 11) is 0. The molecule has 0 bridgehead atoms. The Morgan fingerprint density at radius 3 is 2.10 bits per heavy atom. The maximum Gasteiger partial charge on any atom is 0.119 e. The fraction of sp³-hybridized carbons (Fsp3) is 0.231. The van der Waals surface area contributed by atoms with Crippen molar-refractivity contribution in [1.29, 1.82) is 0 Å². The van der Waals surface area contributed by atoms with Crippen LogP contribution in [0.25, 0.3) is 28.6 Å². The zero-order chi connectivity index (χ0) is 21.2. The summed E-state index contributed by atoms with van der Waals surface area (Å²) in [5, 5.41) is 9.29. The molecular formula is C26H28N2O2. The van der Waals surface area contributed by atoms with Crippen LogP contribution in [0.4, 0.5) is 0 Å². The molecule has 0 spiro atoms. The summed E-state index contributed by atoms with van der Waals surface area (Å²) < 4.78 is 5.51. The van der Waals surface area contributed by atoms with Crippen LogP contribution in [0.5, 0.6) is 5.75 Å². The normalized spacial score (nSPS) is 12.1. The van der Waals surface area contributed by atoms with Gasteiger partial charge in [0.15, 0.2) is 0 Å². The third kappa shape index (κ3) is 6.39. The third-order valence-corrected chi connectivity index (χ3v) is 4.68. The van der Waals surface area contributed by atoms with E-state index in [4.69, 9.17) is 4.74 Å². The van der Waals surface area contributed by atoms with Crippen molar-refractivity contribution in [3.8, 4) is 28.3 Å². The van der Waals surface area contributed by atoms with Gasteiger partial charge in [-0.2, -0.15) is 0 Å². The van der Waals surface area contributed by atoms with E-state index in [0.717, 1.165) is 53.1 Å². The summed E-state index contributed by atoms with van der Waals surface area (Å²) in [5.41, 5.74) is 4.85. The number of aromatic nitrogens is 2. The van der Waals surface area contributed by atoms with Crippen molar-refractivity contribution >= 4 is 6.08 Å². The fourth-order valence-corrected chi connectivity index (χ4v) is 3.02. The second kappa shape index (κ2) is 11.1. The summed E-state index contributed by atoms with van der Waals surface area (Å²) in [6.45, 7) is 5.97. The number of nitrogens with zero attached hydrogens (tertiary/aromatic N) is 2. The first-order valence-corrected chi connectivity index (χ1v) is 10.3. The van der Waals surface area contributed by atoms with Crippen molar-refractivity contribution in [3.05, 3.63) is 85.2 Å². The monoisotopic (exact) mass is 400 g/mol. The maximum atomic E-state index is 9.29. The Morgan fingerprint density at radius 1 is 0.967 bits per heavy atom. The summed E-state index contributed by atoms with van der Waals surface area (Å²) in [6, 6.07) is 16.1. The predicted molar refractivity (Wildman–Crippen MR) is 123 cm³/mol. The average Bonchev–Trinajstić information content (AvgIpc) is 2.78. The Morgan fingerprint density at radius 2 is 1.57 bits per heavy atom. The van der Waals surface area contributed by atoms with Gasteiger partial charge in [-0.3, -0.25) is 9.97 Å². The largest absolute Gasteiger partial charge is 0.490 e. The van der Waals surface area contributed by atoms with E-state index in [9.17, 15) is 5.11 Å². The molecule has 0 fully saturated rings. The molecule has 1 N–H and O–H groups in total. The van der Waals surface area contributed by atoms with Crippen LogP contribution >= 0.6 is 0 Å². The van der Waals surface area contributed by atoms with Crippen LogP contribution < -0.4 is 4.74 Å². The molecule has 0 aliphatic heterocycles. The van der Waals surface area contributed by atoms with Gasteiger partial charge in [-0.25, -0.2) is 0 Å². The Kier molecular flexibility index (Phi) is 7.93. The summed E-state index contributed by atoms with van der Waals surface area (Å²) in [5.74, 6) is 0.806. The van der Waals surface area contributed by atoms with Gasteiger partial charge in [-0.15, -0.1) is 0 Å². The number of hydrogen-bond donors (Lipinski definition) is 1. The summed E-state index contributed by atoms with van der Waals surface area (Å²) in [4.78, 5) is 9.15. The molecule has 3 aromatic rings. The number of allylic oxidation sites excluding steroid dienone is 1. The molecule has 30 heavy (non-hydrogen) atoms. The van der Waals surface area contributed by atoms with E-state index in [1.807, 2.05) is 31.2 Å². The van der Waals surface area contributed by atoms with Crippen LogP contribution in [-0.4, -0.2) is 27.8 Å². The van der Waals surface area contributed by atoms with Crippen LogP contribution in [0.3, 0.4) is 0 Å². The molecule has 1 aromatic heterocycles. The Hall–Kier alpha value is -3.24. The fourth-order valence-electron chi connectivity index (χ4n) is 3.02. The molecule has 4 heteroatoms. The molecule has 0 amide bonds. The van der Waals surface area contributed by atoms with Gasteiger partial charge in [0.25, 0.3) is 0 Å². The maximum absolute atomic E-state index is 9.29. The third-order valence-electron chi connectivity index (χ3n) is 4.68. The van der Waals surface area contributed by atoms with Gasteiger partial charge in [0, 0.05) is 11.1 Å². The molecule has 1 atom stereocenters.